The minimum Gasteiger partial charge on any atom is -0.340 e. The molecule has 1 saturated carbocycles. The van der Waals surface area contributed by atoms with Crippen LogP contribution in [0.25, 0.3) is 11.5 Å². The Kier molecular flexibility index (Phi) is 5.04. The number of nitrogens with zero attached hydrogens (tertiary/aromatic N) is 4. The summed E-state index contributed by atoms with van der Waals surface area (Å²) in [5.41, 5.74) is 1.96. The number of benzene rings is 2. The second-order valence-electron chi connectivity index (χ2n) is 7.98. The summed E-state index contributed by atoms with van der Waals surface area (Å²) in [4.78, 5) is 21.5. The normalized spacial score (nSPS) is 21.6. The van der Waals surface area contributed by atoms with Gasteiger partial charge in [0.1, 0.15) is 5.82 Å². The average Bonchev–Trinajstić information content (AvgIpc) is 3.46. The van der Waals surface area contributed by atoms with Crippen LogP contribution in [0.3, 0.4) is 0 Å². The van der Waals surface area contributed by atoms with E-state index in [1.54, 1.807) is 12.1 Å². The maximum Gasteiger partial charge on any atom is 0.257 e. The van der Waals surface area contributed by atoms with Crippen LogP contribution >= 0.6 is 0 Å². The first-order valence-electron chi connectivity index (χ1n) is 10.3. The van der Waals surface area contributed by atoms with E-state index in [0.29, 0.717) is 29.7 Å². The Balaban J connectivity index is 1.13. The summed E-state index contributed by atoms with van der Waals surface area (Å²) in [5, 5.41) is 4.04. The van der Waals surface area contributed by atoms with E-state index < -0.39 is 0 Å². The van der Waals surface area contributed by atoms with Crippen molar-refractivity contribution in [3.63, 3.8) is 0 Å². The van der Waals surface area contributed by atoms with Crippen LogP contribution in [0.4, 0.5) is 4.39 Å². The molecule has 1 aliphatic heterocycles. The lowest BCUT2D eigenvalue weighted by Gasteiger charge is -2.34. The van der Waals surface area contributed by atoms with Gasteiger partial charge in [-0.3, -0.25) is 9.69 Å². The minimum atomic E-state index is -0.299. The summed E-state index contributed by atoms with van der Waals surface area (Å²) >= 11 is 0. The van der Waals surface area contributed by atoms with Gasteiger partial charge in [0, 0.05) is 37.7 Å². The van der Waals surface area contributed by atoms with E-state index in [1.807, 2.05) is 23.1 Å². The van der Waals surface area contributed by atoms with Crippen LogP contribution in [0.5, 0.6) is 0 Å². The van der Waals surface area contributed by atoms with Crippen molar-refractivity contribution in [3.05, 3.63) is 71.8 Å². The summed E-state index contributed by atoms with van der Waals surface area (Å²) in [5.74, 6) is 1.48. The zero-order chi connectivity index (χ0) is 20.5. The maximum absolute atomic E-state index is 13.1. The topological polar surface area (TPSA) is 62.5 Å². The summed E-state index contributed by atoms with van der Waals surface area (Å²) in [6, 6.07) is 16.3. The van der Waals surface area contributed by atoms with E-state index in [9.17, 15) is 9.18 Å². The van der Waals surface area contributed by atoms with Crippen molar-refractivity contribution >= 4 is 5.91 Å². The van der Waals surface area contributed by atoms with Gasteiger partial charge in [0.2, 0.25) is 5.91 Å². The van der Waals surface area contributed by atoms with E-state index in [0.717, 1.165) is 32.6 Å². The Hall–Kier alpha value is -3.06. The highest BCUT2D eigenvalue weighted by molar-refractivity contribution is 5.83. The number of amides is 1. The van der Waals surface area contributed by atoms with Crippen LogP contribution in [0.2, 0.25) is 0 Å². The first-order valence-corrected chi connectivity index (χ1v) is 10.3. The van der Waals surface area contributed by atoms with Crippen LogP contribution in [0, 0.1) is 11.7 Å². The van der Waals surface area contributed by atoms with Gasteiger partial charge in [0.25, 0.3) is 5.89 Å². The molecule has 0 bridgehead atoms. The summed E-state index contributed by atoms with van der Waals surface area (Å²) in [7, 11) is 0. The Morgan fingerprint density at radius 2 is 1.77 bits per heavy atom. The first-order chi connectivity index (χ1) is 14.7. The molecule has 0 spiro atoms. The number of aromatic nitrogens is 2. The van der Waals surface area contributed by atoms with Gasteiger partial charge in [-0.15, -0.1) is 0 Å². The molecule has 2 fully saturated rings. The lowest BCUT2D eigenvalue weighted by Crippen LogP contribution is -2.49. The molecule has 1 saturated heterocycles. The molecule has 1 aromatic heterocycles. The van der Waals surface area contributed by atoms with Gasteiger partial charge in [-0.25, -0.2) is 4.39 Å². The average molecular weight is 406 g/mol. The number of carbonyl (C=O) groups excluding carboxylic acids is 1. The highest BCUT2D eigenvalue weighted by atomic mass is 19.1. The third-order valence-corrected chi connectivity index (χ3v) is 5.94. The summed E-state index contributed by atoms with van der Waals surface area (Å²) in [6.07, 6.45) is 0.956. The fraction of sp³-hybridized carbons (Fsp3) is 0.348. The van der Waals surface area contributed by atoms with Gasteiger partial charge < -0.3 is 9.42 Å². The third kappa shape index (κ3) is 3.98. The Bertz CT molecular complexity index is 1010. The molecular weight excluding hydrogens is 383 g/mol. The quantitative estimate of drug-likeness (QED) is 0.651. The fourth-order valence-electron chi connectivity index (χ4n) is 4.13. The van der Waals surface area contributed by atoms with Crippen LogP contribution in [0.1, 0.15) is 23.7 Å². The standard InChI is InChI=1S/C23H23FN4O2/c24-18-8-6-17(7-9-18)22-25-21(26-30-22)15-27-10-12-28(13-11-27)23(29)20-14-19(20)16-4-2-1-3-5-16/h1-9,19-20H,10-15H2/t19-,20-/m1/s1. The third-order valence-electron chi connectivity index (χ3n) is 5.94. The van der Waals surface area contributed by atoms with Crippen LogP contribution in [-0.2, 0) is 11.3 Å². The lowest BCUT2D eigenvalue weighted by molar-refractivity contribution is -0.134. The molecule has 2 aromatic carbocycles. The Morgan fingerprint density at radius 1 is 1.03 bits per heavy atom. The number of rotatable bonds is 5. The molecule has 1 aliphatic carbocycles. The molecule has 2 heterocycles. The monoisotopic (exact) mass is 406 g/mol. The van der Waals surface area contributed by atoms with Crippen molar-refractivity contribution in [1.29, 1.82) is 0 Å². The highest BCUT2D eigenvalue weighted by Crippen LogP contribution is 2.48. The molecule has 0 unspecified atom stereocenters. The van der Waals surface area contributed by atoms with Crippen molar-refractivity contribution in [2.75, 3.05) is 26.2 Å². The summed E-state index contributed by atoms with van der Waals surface area (Å²) < 4.78 is 18.4. The smallest absolute Gasteiger partial charge is 0.257 e. The number of carbonyl (C=O) groups is 1. The minimum absolute atomic E-state index is 0.134. The molecule has 6 nitrogen and oxygen atoms in total. The van der Waals surface area contributed by atoms with E-state index >= 15 is 0 Å². The zero-order valence-electron chi connectivity index (χ0n) is 16.6. The van der Waals surface area contributed by atoms with Gasteiger partial charge in [-0.1, -0.05) is 35.5 Å². The lowest BCUT2D eigenvalue weighted by atomic mass is 10.1. The predicted molar refractivity (Wildman–Crippen MR) is 109 cm³/mol. The van der Waals surface area contributed by atoms with Crippen molar-refractivity contribution in [2.45, 2.75) is 18.9 Å². The number of piperazine rings is 1. The van der Waals surface area contributed by atoms with E-state index in [4.69, 9.17) is 4.52 Å². The van der Waals surface area contributed by atoms with Crippen molar-refractivity contribution in [1.82, 2.24) is 19.9 Å². The van der Waals surface area contributed by atoms with Gasteiger partial charge in [0.05, 0.1) is 6.54 Å². The van der Waals surface area contributed by atoms with Gasteiger partial charge >= 0.3 is 0 Å². The second-order valence-corrected chi connectivity index (χ2v) is 7.98. The van der Waals surface area contributed by atoms with Gasteiger partial charge in [0.15, 0.2) is 5.82 Å². The molecule has 0 radical (unpaired) electrons. The summed E-state index contributed by atoms with van der Waals surface area (Å²) in [6.45, 7) is 3.59. The van der Waals surface area contributed by atoms with Gasteiger partial charge in [-0.2, -0.15) is 4.98 Å². The fourth-order valence-corrected chi connectivity index (χ4v) is 4.13. The highest BCUT2D eigenvalue weighted by Gasteiger charge is 2.45. The Morgan fingerprint density at radius 3 is 2.50 bits per heavy atom. The van der Waals surface area contributed by atoms with E-state index in [-0.39, 0.29) is 17.6 Å². The molecule has 2 aliphatic rings. The Labute approximate surface area is 174 Å². The van der Waals surface area contributed by atoms with Crippen molar-refractivity contribution in [2.24, 2.45) is 5.92 Å². The predicted octanol–water partition coefficient (Wildman–Crippen LogP) is 3.32. The van der Waals surface area contributed by atoms with Crippen molar-refractivity contribution < 1.29 is 13.7 Å². The molecule has 0 N–H and O–H groups in total. The van der Waals surface area contributed by atoms with Crippen molar-refractivity contribution in [3.8, 4) is 11.5 Å². The van der Waals surface area contributed by atoms with Gasteiger partial charge in [-0.05, 0) is 42.2 Å². The van der Waals surface area contributed by atoms with Crippen LogP contribution in [0.15, 0.2) is 59.1 Å². The molecule has 2 atom stereocenters. The molecular formula is C23H23FN4O2. The SMILES string of the molecule is O=C([C@@H]1C[C@@H]1c1ccccc1)N1CCN(Cc2noc(-c3ccc(F)cc3)n2)CC1. The second kappa shape index (κ2) is 7.99. The molecule has 30 heavy (non-hydrogen) atoms. The number of hydrogen-bond donors (Lipinski definition) is 0. The van der Waals surface area contributed by atoms with E-state index in [1.165, 1.54) is 17.7 Å². The molecule has 1 amide bonds. The number of hydrogen-bond acceptors (Lipinski definition) is 5. The zero-order valence-corrected chi connectivity index (χ0v) is 16.6. The maximum atomic E-state index is 13.1. The molecule has 5 rings (SSSR count). The largest absolute Gasteiger partial charge is 0.340 e. The van der Waals surface area contributed by atoms with Crippen LogP contribution < -0.4 is 0 Å². The van der Waals surface area contributed by atoms with Crippen LogP contribution in [-0.4, -0.2) is 52.0 Å². The van der Waals surface area contributed by atoms with E-state index in [2.05, 4.69) is 27.2 Å². The molecule has 3 aromatic rings. The number of halogens is 1. The first kappa shape index (κ1) is 18.9. The molecule has 7 heteroatoms. The molecule has 154 valence electrons.